The van der Waals surface area contributed by atoms with Crippen molar-refractivity contribution in [2.24, 2.45) is 0 Å². The lowest BCUT2D eigenvalue weighted by Crippen LogP contribution is -2.03. The van der Waals surface area contributed by atoms with Crippen LogP contribution in [0, 0.1) is 0 Å². The highest BCUT2D eigenvalue weighted by atomic mass is 35.5. The Balaban J connectivity index is 2.77. The fraction of sp³-hybridized carbons (Fsp3) is 0.375. The van der Waals surface area contributed by atoms with Gasteiger partial charge >= 0.3 is 0 Å². The summed E-state index contributed by atoms with van der Waals surface area (Å²) in [6.07, 6.45) is 5.04. The third-order valence-electron chi connectivity index (χ3n) is 1.48. The van der Waals surface area contributed by atoms with Gasteiger partial charge < -0.3 is 9.30 Å². The normalized spacial score (nSPS) is 10.1. The van der Waals surface area contributed by atoms with Crippen LogP contribution in [0.2, 0.25) is 0 Å². The molecule has 0 aliphatic carbocycles. The number of hydrogen-bond donors (Lipinski definition) is 0. The zero-order valence-electron chi connectivity index (χ0n) is 7.20. The van der Waals surface area contributed by atoms with Gasteiger partial charge in [0.2, 0.25) is 0 Å². The zero-order chi connectivity index (χ0) is 9.68. The second-order valence-electron chi connectivity index (χ2n) is 2.31. The van der Waals surface area contributed by atoms with Crippen LogP contribution in [0.15, 0.2) is 23.2 Å². The Bertz CT molecular complexity index is 278. The van der Waals surface area contributed by atoms with E-state index in [1.807, 2.05) is 6.92 Å². The van der Waals surface area contributed by atoms with Crippen molar-refractivity contribution in [2.75, 3.05) is 13.2 Å². The molecule has 72 valence electrons. The van der Waals surface area contributed by atoms with Gasteiger partial charge in [-0.3, -0.25) is 0 Å². The van der Waals surface area contributed by atoms with Crippen molar-refractivity contribution in [1.29, 1.82) is 0 Å². The van der Waals surface area contributed by atoms with E-state index in [1.165, 1.54) is 0 Å². The molecule has 0 aliphatic heterocycles. The van der Waals surface area contributed by atoms with E-state index in [-0.39, 0.29) is 4.49 Å². The molecule has 0 spiro atoms. The fourth-order valence-corrected chi connectivity index (χ4v) is 1.15. The number of ether oxygens (including phenoxy) is 1. The molecule has 0 atom stereocenters. The molecule has 1 heterocycles. The first kappa shape index (κ1) is 10.6. The van der Waals surface area contributed by atoms with E-state index in [9.17, 15) is 0 Å². The molecule has 0 unspecified atom stereocenters. The van der Waals surface area contributed by atoms with Gasteiger partial charge in [-0.1, -0.05) is 23.2 Å². The first-order valence-electron chi connectivity index (χ1n) is 3.86. The van der Waals surface area contributed by atoms with Gasteiger partial charge in [-0.2, -0.15) is 0 Å². The van der Waals surface area contributed by atoms with Crippen LogP contribution in [0.25, 0.3) is 5.70 Å². The average Bonchev–Trinajstić information content (AvgIpc) is 2.57. The number of rotatable bonds is 4. The Morgan fingerprint density at radius 1 is 1.54 bits per heavy atom. The highest BCUT2D eigenvalue weighted by Crippen LogP contribution is 2.18. The Labute approximate surface area is 86.9 Å². The lowest BCUT2D eigenvalue weighted by molar-refractivity contribution is 0.179. The molecule has 1 aromatic rings. The molecule has 5 heteroatoms. The molecule has 0 saturated carbocycles. The maximum absolute atomic E-state index is 5.69. The summed E-state index contributed by atoms with van der Waals surface area (Å²) >= 11 is 11.4. The van der Waals surface area contributed by atoms with Crippen LogP contribution in [0.3, 0.4) is 0 Å². The predicted octanol–water partition coefficient (Wildman–Crippen LogP) is 2.52. The van der Waals surface area contributed by atoms with Gasteiger partial charge in [0.05, 0.1) is 18.6 Å². The third kappa shape index (κ3) is 3.03. The molecular formula is C8H10Cl2N2O. The number of nitrogens with zero attached hydrogens (tertiary/aromatic N) is 2. The Morgan fingerprint density at radius 3 is 2.77 bits per heavy atom. The molecule has 13 heavy (non-hydrogen) atoms. The van der Waals surface area contributed by atoms with Gasteiger partial charge in [-0.15, -0.1) is 0 Å². The molecule has 0 saturated heterocycles. The predicted molar refractivity (Wildman–Crippen MR) is 53.6 cm³/mol. The molecule has 0 fully saturated rings. The Hall–Kier alpha value is -0.510. The Morgan fingerprint density at radius 2 is 2.31 bits per heavy atom. The van der Waals surface area contributed by atoms with Gasteiger partial charge in [-0.25, -0.2) is 4.98 Å². The van der Waals surface area contributed by atoms with Crippen LogP contribution in [-0.4, -0.2) is 22.8 Å². The van der Waals surface area contributed by atoms with Crippen molar-refractivity contribution < 1.29 is 4.74 Å². The molecule has 0 amide bonds. The molecule has 0 bridgehead atoms. The molecule has 1 rings (SSSR count). The van der Waals surface area contributed by atoms with Crippen molar-refractivity contribution in [3.8, 4) is 0 Å². The van der Waals surface area contributed by atoms with Crippen LogP contribution in [0.4, 0.5) is 0 Å². The van der Waals surface area contributed by atoms with Crippen molar-refractivity contribution >= 4 is 28.9 Å². The highest BCUT2D eigenvalue weighted by molar-refractivity contribution is 6.58. The van der Waals surface area contributed by atoms with Gasteiger partial charge in [0.1, 0.15) is 4.49 Å². The van der Waals surface area contributed by atoms with Gasteiger partial charge in [0.25, 0.3) is 0 Å². The molecule has 1 aromatic heterocycles. The van der Waals surface area contributed by atoms with Gasteiger partial charge in [0, 0.05) is 19.0 Å². The molecule has 0 radical (unpaired) electrons. The number of hydrogen-bond acceptors (Lipinski definition) is 2. The molecular weight excluding hydrogens is 211 g/mol. The minimum Gasteiger partial charge on any atom is -0.375 e. The molecule has 0 aromatic carbocycles. The smallest absolute Gasteiger partial charge is 0.129 e. The van der Waals surface area contributed by atoms with Crippen LogP contribution in [0.5, 0.6) is 0 Å². The topological polar surface area (TPSA) is 27.1 Å². The first-order valence-corrected chi connectivity index (χ1v) is 4.61. The second kappa shape index (κ2) is 5.27. The van der Waals surface area contributed by atoms with Crippen molar-refractivity contribution in [3.05, 3.63) is 23.2 Å². The van der Waals surface area contributed by atoms with E-state index >= 15 is 0 Å². The van der Waals surface area contributed by atoms with E-state index in [4.69, 9.17) is 27.9 Å². The van der Waals surface area contributed by atoms with Crippen LogP contribution in [-0.2, 0) is 4.74 Å². The zero-order valence-corrected chi connectivity index (χ0v) is 8.72. The van der Waals surface area contributed by atoms with E-state index < -0.39 is 0 Å². The minimum atomic E-state index is 0.200. The summed E-state index contributed by atoms with van der Waals surface area (Å²) in [5.41, 5.74) is 0.697. The number of imidazole rings is 1. The lowest BCUT2D eigenvalue weighted by Gasteiger charge is -2.07. The first-order chi connectivity index (χ1) is 6.25. The SMILES string of the molecule is CCOCC(=C(Cl)Cl)n1ccnc1. The van der Waals surface area contributed by atoms with Crippen LogP contribution < -0.4 is 0 Å². The number of halogens is 2. The second-order valence-corrected chi connectivity index (χ2v) is 3.26. The standard InChI is InChI=1S/C8H10Cl2N2O/c1-2-13-5-7(8(9)10)12-4-3-11-6-12/h3-4,6H,2,5H2,1H3. The summed E-state index contributed by atoms with van der Waals surface area (Å²) in [6, 6.07) is 0. The molecule has 0 N–H and O–H groups in total. The summed E-state index contributed by atoms with van der Waals surface area (Å²) in [6.45, 7) is 2.92. The summed E-state index contributed by atoms with van der Waals surface area (Å²) in [5.74, 6) is 0. The summed E-state index contributed by atoms with van der Waals surface area (Å²) < 4.78 is 7.13. The van der Waals surface area contributed by atoms with Crippen molar-refractivity contribution in [2.45, 2.75) is 6.92 Å². The maximum Gasteiger partial charge on any atom is 0.129 e. The maximum atomic E-state index is 5.69. The van der Waals surface area contributed by atoms with Gasteiger partial charge in [0.15, 0.2) is 0 Å². The molecule has 0 aliphatic rings. The van der Waals surface area contributed by atoms with Crippen LogP contribution >= 0.6 is 23.2 Å². The van der Waals surface area contributed by atoms with Crippen molar-refractivity contribution in [3.63, 3.8) is 0 Å². The molecule has 3 nitrogen and oxygen atoms in total. The van der Waals surface area contributed by atoms with Crippen LogP contribution in [0.1, 0.15) is 6.92 Å². The average molecular weight is 221 g/mol. The van der Waals surface area contributed by atoms with E-state index in [2.05, 4.69) is 4.98 Å². The summed E-state index contributed by atoms with van der Waals surface area (Å²) in [4.78, 5) is 3.89. The fourth-order valence-electron chi connectivity index (χ4n) is 0.844. The highest BCUT2D eigenvalue weighted by Gasteiger charge is 2.04. The van der Waals surface area contributed by atoms with E-state index in [0.29, 0.717) is 18.9 Å². The summed E-state index contributed by atoms with van der Waals surface area (Å²) in [7, 11) is 0. The largest absolute Gasteiger partial charge is 0.375 e. The van der Waals surface area contributed by atoms with E-state index in [0.717, 1.165) is 0 Å². The monoisotopic (exact) mass is 220 g/mol. The lowest BCUT2D eigenvalue weighted by atomic mass is 10.5. The quantitative estimate of drug-likeness (QED) is 0.781. The van der Waals surface area contributed by atoms with Crippen molar-refractivity contribution in [1.82, 2.24) is 9.55 Å². The third-order valence-corrected chi connectivity index (χ3v) is 1.91. The Kier molecular flexibility index (Phi) is 4.28. The minimum absolute atomic E-state index is 0.200. The van der Waals surface area contributed by atoms with E-state index in [1.54, 1.807) is 23.3 Å². The number of aromatic nitrogens is 2. The van der Waals surface area contributed by atoms with Gasteiger partial charge in [-0.05, 0) is 6.92 Å². The summed E-state index contributed by atoms with van der Waals surface area (Å²) in [5, 5.41) is 0.